The van der Waals surface area contributed by atoms with E-state index in [9.17, 15) is 8.42 Å². The summed E-state index contributed by atoms with van der Waals surface area (Å²) in [6.45, 7) is 8.02. The van der Waals surface area contributed by atoms with Crippen molar-refractivity contribution in [1.82, 2.24) is 13.9 Å². The number of aromatic nitrogens is 2. The molecular weight excluding hydrogens is 306 g/mol. The first-order chi connectivity index (χ1) is 9.84. The maximum Gasteiger partial charge on any atom is 0.262 e. The van der Waals surface area contributed by atoms with Gasteiger partial charge in [0, 0.05) is 36.1 Å². The molecular formula is C14H19N3O2S2. The van der Waals surface area contributed by atoms with Gasteiger partial charge in [-0.2, -0.15) is 4.31 Å². The van der Waals surface area contributed by atoms with E-state index in [1.54, 1.807) is 42.1 Å². The summed E-state index contributed by atoms with van der Waals surface area (Å²) in [4.78, 5) is 6.30. The van der Waals surface area contributed by atoms with Crippen LogP contribution in [0.3, 0.4) is 0 Å². The molecule has 0 bridgehead atoms. The molecule has 0 radical (unpaired) electrons. The average molecular weight is 325 g/mol. The lowest BCUT2D eigenvalue weighted by molar-refractivity contribution is 0.439. The summed E-state index contributed by atoms with van der Waals surface area (Å²) >= 11 is 1.60. The van der Waals surface area contributed by atoms with Crippen molar-refractivity contribution in [1.29, 1.82) is 0 Å². The van der Waals surface area contributed by atoms with Crippen molar-refractivity contribution in [2.75, 3.05) is 6.54 Å². The Morgan fingerprint density at radius 3 is 2.62 bits per heavy atom. The molecule has 7 heteroatoms. The first kappa shape index (κ1) is 15.9. The zero-order valence-corrected chi connectivity index (χ0v) is 14.0. The third kappa shape index (κ3) is 3.42. The fourth-order valence-electron chi connectivity index (χ4n) is 1.92. The van der Waals surface area contributed by atoms with Crippen molar-refractivity contribution in [2.24, 2.45) is 7.05 Å². The van der Waals surface area contributed by atoms with E-state index in [1.807, 2.05) is 19.1 Å². The molecule has 0 aliphatic carbocycles. The van der Waals surface area contributed by atoms with Gasteiger partial charge in [0.2, 0.25) is 0 Å². The number of sulfonamides is 1. The van der Waals surface area contributed by atoms with E-state index >= 15 is 0 Å². The number of hydrogen-bond donors (Lipinski definition) is 0. The van der Waals surface area contributed by atoms with Crippen molar-refractivity contribution in [3.8, 4) is 0 Å². The van der Waals surface area contributed by atoms with Gasteiger partial charge in [-0.15, -0.1) is 17.9 Å². The SMILES string of the molecule is C=CCN(Cc1ccc(C)s1)S(=O)(=O)c1cn(C)c(C)n1. The molecule has 0 aromatic carbocycles. The molecule has 0 N–H and O–H groups in total. The first-order valence-corrected chi connectivity index (χ1v) is 8.76. The molecule has 2 aromatic heterocycles. The van der Waals surface area contributed by atoms with Crippen LogP contribution in [0.1, 0.15) is 15.6 Å². The maximum atomic E-state index is 12.7. The Morgan fingerprint density at radius 1 is 1.43 bits per heavy atom. The average Bonchev–Trinajstić information content (AvgIpc) is 2.96. The Kier molecular flexibility index (Phi) is 4.65. The number of rotatable bonds is 6. The molecule has 0 amide bonds. The molecule has 0 fully saturated rings. The van der Waals surface area contributed by atoms with Crippen LogP contribution in [-0.4, -0.2) is 28.8 Å². The van der Waals surface area contributed by atoms with Gasteiger partial charge < -0.3 is 4.57 Å². The summed E-state index contributed by atoms with van der Waals surface area (Å²) in [5.41, 5.74) is 0. The minimum Gasteiger partial charge on any atom is -0.337 e. The van der Waals surface area contributed by atoms with Crippen LogP contribution in [0, 0.1) is 13.8 Å². The number of hydrogen-bond acceptors (Lipinski definition) is 4. The number of nitrogens with zero attached hydrogens (tertiary/aromatic N) is 3. The van der Waals surface area contributed by atoms with Gasteiger partial charge in [-0.25, -0.2) is 13.4 Å². The third-order valence-electron chi connectivity index (χ3n) is 3.15. The standard InChI is InChI=1S/C14H19N3O2S2/c1-5-8-17(9-13-7-6-11(2)20-13)21(18,19)14-10-16(4)12(3)15-14/h5-7,10H,1,8-9H2,2-4H3. The van der Waals surface area contributed by atoms with E-state index in [2.05, 4.69) is 11.6 Å². The predicted octanol–water partition coefficient (Wildman–Crippen LogP) is 2.48. The second-order valence-electron chi connectivity index (χ2n) is 4.84. The van der Waals surface area contributed by atoms with Gasteiger partial charge in [-0.1, -0.05) is 6.08 Å². The minimum atomic E-state index is -3.62. The van der Waals surface area contributed by atoms with E-state index in [0.29, 0.717) is 12.4 Å². The Morgan fingerprint density at radius 2 is 2.14 bits per heavy atom. The van der Waals surface area contributed by atoms with Crippen LogP contribution in [0.4, 0.5) is 0 Å². The second-order valence-corrected chi connectivity index (χ2v) is 8.09. The Bertz CT molecular complexity index is 725. The molecule has 114 valence electrons. The van der Waals surface area contributed by atoms with Crippen molar-refractivity contribution < 1.29 is 8.42 Å². The summed E-state index contributed by atoms with van der Waals surface area (Å²) in [7, 11) is -1.84. The van der Waals surface area contributed by atoms with Crippen LogP contribution in [0.5, 0.6) is 0 Å². The zero-order valence-electron chi connectivity index (χ0n) is 12.4. The summed E-state index contributed by atoms with van der Waals surface area (Å²) in [5.74, 6) is 0.666. The first-order valence-electron chi connectivity index (χ1n) is 6.51. The molecule has 0 aliphatic heterocycles. The highest BCUT2D eigenvalue weighted by Gasteiger charge is 2.27. The van der Waals surface area contributed by atoms with Gasteiger partial charge in [-0.05, 0) is 26.0 Å². The molecule has 0 atom stereocenters. The zero-order chi connectivity index (χ0) is 15.6. The molecule has 2 aromatic rings. The fourth-order valence-corrected chi connectivity index (χ4v) is 4.32. The number of imidazole rings is 1. The smallest absolute Gasteiger partial charge is 0.262 e. The Labute approximate surface area is 129 Å². The number of thiophene rings is 1. The van der Waals surface area contributed by atoms with Crippen LogP contribution >= 0.6 is 11.3 Å². The molecule has 5 nitrogen and oxygen atoms in total. The summed E-state index contributed by atoms with van der Waals surface area (Å²) in [6, 6.07) is 3.94. The summed E-state index contributed by atoms with van der Waals surface area (Å²) in [6.07, 6.45) is 3.13. The lowest BCUT2D eigenvalue weighted by atomic mass is 10.4. The molecule has 2 rings (SSSR count). The van der Waals surface area contributed by atoms with Crippen molar-refractivity contribution in [3.05, 3.63) is 46.6 Å². The van der Waals surface area contributed by atoms with Gasteiger partial charge in [0.15, 0.2) is 5.03 Å². The highest BCUT2D eigenvalue weighted by atomic mass is 32.2. The molecule has 2 heterocycles. The molecule has 0 unspecified atom stereocenters. The van der Waals surface area contributed by atoms with Crippen LogP contribution in [0.15, 0.2) is 36.0 Å². The van der Waals surface area contributed by atoms with E-state index in [0.717, 1.165) is 9.75 Å². The van der Waals surface area contributed by atoms with E-state index in [4.69, 9.17) is 0 Å². The molecule has 0 saturated heterocycles. The van der Waals surface area contributed by atoms with Crippen LogP contribution < -0.4 is 0 Å². The molecule has 0 aliphatic rings. The van der Waals surface area contributed by atoms with Gasteiger partial charge in [0.05, 0.1) is 0 Å². The topological polar surface area (TPSA) is 55.2 Å². The number of aryl methyl sites for hydroxylation is 3. The van der Waals surface area contributed by atoms with Crippen LogP contribution in [0.2, 0.25) is 0 Å². The van der Waals surface area contributed by atoms with Crippen molar-refractivity contribution >= 4 is 21.4 Å². The summed E-state index contributed by atoms with van der Waals surface area (Å²) < 4.78 is 28.5. The quantitative estimate of drug-likeness (QED) is 0.767. The van der Waals surface area contributed by atoms with Crippen molar-refractivity contribution in [3.63, 3.8) is 0 Å². The van der Waals surface area contributed by atoms with Crippen molar-refractivity contribution in [2.45, 2.75) is 25.4 Å². The predicted molar refractivity (Wildman–Crippen MR) is 84.8 cm³/mol. The fraction of sp³-hybridized carbons (Fsp3) is 0.357. The van der Waals surface area contributed by atoms with E-state index < -0.39 is 10.0 Å². The van der Waals surface area contributed by atoms with Crippen LogP contribution in [-0.2, 0) is 23.6 Å². The highest BCUT2D eigenvalue weighted by Crippen LogP contribution is 2.22. The summed E-state index contributed by atoms with van der Waals surface area (Å²) in [5, 5.41) is 0.0811. The molecule has 21 heavy (non-hydrogen) atoms. The van der Waals surface area contributed by atoms with E-state index in [1.165, 1.54) is 4.31 Å². The Balaban J connectivity index is 2.33. The molecule has 0 saturated carbocycles. The lowest BCUT2D eigenvalue weighted by Gasteiger charge is -2.18. The highest BCUT2D eigenvalue weighted by molar-refractivity contribution is 7.89. The maximum absolute atomic E-state index is 12.7. The third-order valence-corrected chi connectivity index (χ3v) is 5.82. The monoisotopic (exact) mass is 325 g/mol. The largest absolute Gasteiger partial charge is 0.337 e. The lowest BCUT2D eigenvalue weighted by Crippen LogP contribution is -2.30. The minimum absolute atomic E-state index is 0.0811. The molecule has 0 spiro atoms. The second kappa shape index (κ2) is 6.13. The van der Waals surface area contributed by atoms with Gasteiger partial charge in [-0.3, -0.25) is 0 Å². The van der Waals surface area contributed by atoms with Crippen LogP contribution in [0.25, 0.3) is 0 Å². The van der Waals surface area contributed by atoms with Gasteiger partial charge in [0.1, 0.15) is 5.82 Å². The normalized spacial score (nSPS) is 12.0. The van der Waals surface area contributed by atoms with E-state index in [-0.39, 0.29) is 11.6 Å². The van der Waals surface area contributed by atoms with Gasteiger partial charge >= 0.3 is 0 Å². The Hall–Kier alpha value is -1.44. The van der Waals surface area contributed by atoms with Gasteiger partial charge in [0.25, 0.3) is 10.0 Å².